The molecule has 2 rings (SSSR count). The van der Waals surface area contributed by atoms with E-state index >= 15 is 0 Å². The van der Waals surface area contributed by atoms with E-state index in [9.17, 15) is 0 Å². The van der Waals surface area contributed by atoms with Crippen LogP contribution in [0.2, 0.25) is 6.55 Å². The first-order valence-electron chi connectivity index (χ1n) is 7.63. The fourth-order valence-corrected chi connectivity index (χ4v) is 5.61. The van der Waals surface area contributed by atoms with Gasteiger partial charge in [0.25, 0.3) is 8.32 Å². The predicted molar refractivity (Wildman–Crippen MR) is 97.4 cm³/mol. The first-order chi connectivity index (χ1) is 10.3. The highest BCUT2D eigenvalue weighted by Gasteiger charge is 2.33. The number of hydrogen-bond acceptors (Lipinski definition) is 2. The maximum absolute atomic E-state index is 6.46. The molecule has 0 unspecified atom stereocenters. The maximum atomic E-state index is 6.46. The third-order valence-corrected chi connectivity index (χ3v) is 7.81. The summed E-state index contributed by atoms with van der Waals surface area (Å²) in [6, 6.07) is 21.4. The summed E-state index contributed by atoms with van der Waals surface area (Å²) in [5.41, 5.74) is 0. The van der Waals surface area contributed by atoms with Crippen LogP contribution < -0.4 is 10.4 Å². The van der Waals surface area contributed by atoms with Crippen LogP contribution in [0.25, 0.3) is 0 Å². The van der Waals surface area contributed by atoms with E-state index in [0.29, 0.717) is 0 Å². The summed E-state index contributed by atoms with van der Waals surface area (Å²) >= 11 is 4.26. The largest absolute Gasteiger partial charge is 0.408 e. The molecule has 2 aromatic rings. The van der Waals surface area contributed by atoms with Crippen molar-refractivity contribution in [3.63, 3.8) is 0 Å². The predicted octanol–water partition coefficient (Wildman–Crippen LogP) is 3.49. The number of rotatable bonds is 8. The van der Waals surface area contributed by atoms with Gasteiger partial charge in [-0.25, -0.2) is 0 Å². The SMILES string of the molecule is C[Si](OCCCCCS)(c1ccccc1)c1ccccc1. The molecule has 112 valence electrons. The number of hydrogen-bond donors (Lipinski definition) is 1. The van der Waals surface area contributed by atoms with E-state index in [2.05, 4.69) is 79.8 Å². The van der Waals surface area contributed by atoms with E-state index in [4.69, 9.17) is 4.43 Å². The third kappa shape index (κ3) is 4.47. The van der Waals surface area contributed by atoms with Crippen LogP contribution in [-0.4, -0.2) is 20.7 Å². The molecular formula is C18H24OSSi. The molecule has 21 heavy (non-hydrogen) atoms. The Balaban J connectivity index is 2.15. The highest BCUT2D eigenvalue weighted by molar-refractivity contribution is 7.80. The van der Waals surface area contributed by atoms with Crippen molar-refractivity contribution in [1.29, 1.82) is 0 Å². The van der Waals surface area contributed by atoms with E-state index in [-0.39, 0.29) is 0 Å². The molecular weight excluding hydrogens is 292 g/mol. The van der Waals surface area contributed by atoms with Gasteiger partial charge >= 0.3 is 0 Å². The Morgan fingerprint density at radius 2 is 1.33 bits per heavy atom. The monoisotopic (exact) mass is 316 g/mol. The molecule has 0 saturated carbocycles. The summed E-state index contributed by atoms with van der Waals surface area (Å²) in [4.78, 5) is 0. The lowest BCUT2D eigenvalue weighted by Crippen LogP contribution is -2.58. The van der Waals surface area contributed by atoms with Crippen molar-refractivity contribution in [3.05, 3.63) is 60.7 Å². The molecule has 3 heteroatoms. The van der Waals surface area contributed by atoms with Gasteiger partial charge in [0.2, 0.25) is 0 Å². The van der Waals surface area contributed by atoms with Gasteiger partial charge in [0.15, 0.2) is 0 Å². The summed E-state index contributed by atoms with van der Waals surface area (Å²) in [7, 11) is -2.08. The fourth-order valence-electron chi connectivity index (χ4n) is 2.51. The van der Waals surface area contributed by atoms with Crippen LogP contribution in [0.4, 0.5) is 0 Å². The number of benzene rings is 2. The average molecular weight is 317 g/mol. The zero-order valence-electron chi connectivity index (χ0n) is 12.7. The first kappa shape index (κ1) is 16.3. The van der Waals surface area contributed by atoms with E-state index in [1.54, 1.807) is 0 Å². The summed E-state index contributed by atoms with van der Waals surface area (Å²) in [6.07, 6.45) is 3.47. The normalized spacial score (nSPS) is 11.5. The van der Waals surface area contributed by atoms with E-state index in [0.717, 1.165) is 18.8 Å². The quantitative estimate of drug-likeness (QED) is 0.445. The number of thiol groups is 1. The molecule has 0 aromatic heterocycles. The Bertz CT molecular complexity index is 476. The van der Waals surface area contributed by atoms with Crippen molar-refractivity contribution < 1.29 is 4.43 Å². The standard InChI is InChI=1S/C18H24OSSi/c1-21(17-11-5-2-6-12-17,18-13-7-3-8-14-18)19-15-9-4-10-16-20/h2-3,5-8,11-14,20H,4,9-10,15-16H2,1H3. The lowest BCUT2D eigenvalue weighted by molar-refractivity contribution is 0.308. The molecule has 0 radical (unpaired) electrons. The van der Waals surface area contributed by atoms with Gasteiger partial charge in [-0.1, -0.05) is 67.1 Å². The van der Waals surface area contributed by atoms with Gasteiger partial charge in [-0.05, 0) is 35.5 Å². The fraction of sp³-hybridized carbons (Fsp3) is 0.333. The van der Waals surface area contributed by atoms with Crippen molar-refractivity contribution >= 4 is 31.3 Å². The molecule has 0 saturated heterocycles. The van der Waals surface area contributed by atoms with Crippen LogP contribution in [-0.2, 0) is 4.43 Å². The maximum Gasteiger partial charge on any atom is 0.252 e. The minimum Gasteiger partial charge on any atom is -0.408 e. The lowest BCUT2D eigenvalue weighted by atomic mass is 10.3. The van der Waals surface area contributed by atoms with Gasteiger partial charge in [0, 0.05) is 6.61 Å². The molecule has 0 aliphatic carbocycles. The smallest absolute Gasteiger partial charge is 0.252 e. The van der Waals surface area contributed by atoms with E-state index < -0.39 is 8.32 Å². The van der Waals surface area contributed by atoms with Crippen LogP contribution in [0.15, 0.2) is 60.7 Å². The third-order valence-electron chi connectivity index (χ3n) is 3.84. The number of unbranched alkanes of at least 4 members (excludes halogenated alkanes) is 2. The molecule has 0 atom stereocenters. The molecule has 0 aliphatic heterocycles. The minimum absolute atomic E-state index is 0.834. The molecule has 2 aromatic carbocycles. The van der Waals surface area contributed by atoms with Gasteiger partial charge in [0.1, 0.15) is 0 Å². The average Bonchev–Trinajstić information content (AvgIpc) is 2.56. The van der Waals surface area contributed by atoms with Crippen molar-refractivity contribution in [2.75, 3.05) is 12.4 Å². The van der Waals surface area contributed by atoms with Crippen molar-refractivity contribution in [3.8, 4) is 0 Å². The van der Waals surface area contributed by atoms with Crippen LogP contribution in [0, 0.1) is 0 Å². The van der Waals surface area contributed by atoms with Gasteiger partial charge in [0.05, 0.1) is 0 Å². The topological polar surface area (TPSA) is 9.23 Å². The minimum atomic E-state index is -2.08. The summed E-state index contributed by atoms with van der Waals surface area (Å²) in [5, 5.41) is 2.68. The second-order valence-electron chi connectivity index (χ2n) is 5.40. The van der Waals surface area contributed by atoms with Crippen LogP contribution in [0.5, 0.6) is 0 Å². The zero-order chi connectivity index (χ0) is 15.0. The van der Waals surface area contributed by atoms with E-state index in [1.807, 2.05) is 0 Å². The van der Waals surface area contributed by atoms with Gasteiger partial charge in [-0.15, -0.1) is 0 Å². The molecule has 0 bridgehead atoms. The molecule has 0 aliphatic rings. The van der Waals surface area contributed by atoms with Crippen molar-refractivity contribution in [2.24, 2.45) is 0 Å². The Morgan fingerprint density at radius 1 is 0.810 bits per heavy atom. The second kappa shape index (κ2) is 8.42. The van der Waals surface area contributed by atoms with Gasteiger partial charge < -0.3 is 4.43 Å². The van der Waals surface area contributed by atoms with Crippen LogP contribution in [0.1, 0.15) is 19.3 Å². The zero-order valence-corrected chi connectivity index (χ0v) is 14.6. The van der Waals surface area contributed by atoms with Crippen molar-refractivity contribution in [1.82, 2.24) is 0 Å². The Morgan fingerprint density at radius 3 is 1.81 bits per heavy atom. The molecule has 0 fully saturated rings. The Kier molecular flexibility index (Phi) is 6.55. The molecule has 0 N–H and O–H groups in total. The Labute approximate surface area is 134 Å². The van der Waals surface area contributed by atoms with Crippen LogP contribution in [0.3, 0.4) is 0 Å². The van der Waals surface area contributed by atoms with Crippen LogP contribution >= 0.6 is 12.6 Å². The van der Waals surface area contributed by atoms with Gasteiger partial charge in [-0.2, -0.15) is 12.6 Å². The highest BCUT2D eigenvalue weighted by Crippen LogP contribution is 2.09. The highest BCUT2D eigenvalue weighted by atomic mass is 32.1. The second-order valence-corrected chi connectivity index (χ2v) is 9.36. The Hall–Kier alpha value is -1.03. The van der Waals surface area contributed by atoms with Crippen molar-refractivity contribution in [2.45, 2.75) is 25.8 Å². The summed E-state index contributed by atoms with van der Waals surface area (Å²) in [5.74, 6) is 0.964. The van der Waals surface area contributed by atoms with Gasteiger partial charge in [-0.3, -0.25) is 0 Å². The molecule has 0 amide bonds. The summed E-state index contributed by atoms with van der Waals surface area (Å²) in [6.45, 7) is 3.14. The molecule has 1 nitrogen and oxygen atoms in total. The first-order valence-corrected chi connectivity index (χ1v) is 10.7. The van der Waals surface area contributed by atoms with E-state index in [1.165, 1.54) is 23.2 Å². The molecule has 0 spiro atoms. The lowest BCUT2D eigenvalue weighted by Gasteiger charge is -2.28. The molecule has 0 heterocycles. The summed E-state index contributed by atoms with van der Waals surface area (Å²) < 4.78 is 6.46.